The first-order valence-corrected chi connectivity index (χ1v) is 12.6. The zero-order chi connectivity index (χ0) is 22.5. The Bertz CT molecular complexity index is 1030. The van der Waals surface area contributed by atoms with Gasteiger partial charge < -0.3 is 0 Å². The van der Waals surface area contributed by atoms with E-state index in [9.17, 15) is 0 Å². The second-order valence-electron chi connectivity index (χ2n) is 10.2. The predicted molar refractivity (Wildman–Crippen MR) is 137 cm³/mol. The van der Waals surface area contributed by atoms with E-state index in [-0.39, 0.29) is 0 Å². The van der Waals surface area contributed by atoms with Gasteiger partial charge in [0.15, 0.2) is 0 Å². The van der Waals surface area contributed by atoms with Crippen molar-refractivity contribution in [1.29, 1.82) is 0 Å². The summed E-state index contributed by atoms with van der Waals surface area (Å²) in [6.45, 7) is 0.991. The molecule has 4 atom stereocenters. The Kier molecular flexibility index (Phi) is 4.89. The van der Waals surface area contributed by atoms with Crippen LogP contribution in [0.1, 0.15) is 52.8 Å². The molecule has 0 N–H and O–H groups in total. The zero-order valence-electron chi connectivity index (χ0n) is 19.3. The van der Waals surface area contributed by atoms with Crippen molar-refractivity contribution >= 4 is 0 Å². The van der Waals surface area contributed by atoms with Crippen LogP contribution >= 0.6 is 0 Å². The fourth-order valence-electron chi connectivity index (χ4n) is 7.40. The molecular weight excluding hydrogens is 412 g/mol. The van der Waals surface area contributed by atoms with E-state index >= 15 is 0 Å². The molecule has 4 aliphatic rings. The summed E-state index contributed by atoms with van der Waals surface area (Å²) < 4.78 is 0. The number of hydrogen-bond acceptors (Lipinski definition) is 2. The number of nitrogens with zero attached hydrogens (tertiary/aromatic N) is 2. The average molecular weight is 443 g/mol. The molecule has 4 unspecified atom stereocenters. The van der Waals surface area contributed by atoms with Crippen molar-refractivity contribution in [1.82, 2.24) is 9.80 Å². The van der Waals surface area contributed by atoms with Crippen LogP contribution in [-0.4, -0.2) is 16.5 Å². The van der Waals surface area contributed by atoms with E-state index in [4.69, 9.17) is 0 Å². The highest BCUT2D eigenvalue weighted by Crippen LogP contribution is 2.65. The predicted octanol–water partition coefficient (Wildman–Crippen LogP) is 7.18. The molecule has 34 heavy (non-hydrogen) atoms. The average Bonchev–Trinajstić information content (AvgIpc) is 2.91. The lowest BCUT2D eigenvalue weighted by Crippen LogP contribution is -2.66. The van der Waals surface area contributed by atoms with Crippen LogP contribution in [-0.2, 0) is 0 Å². The first kappa shape index (κ1) is 20.2. The van der Waals surface area contributed by atoms with Crippen molar-refractivity contribution in [2.24, 2.45) is 11.8 Å². The van der Waals surface area contributed by atoms with Crippen LogP contribution in [0.15, 0.2) is 121 Å². The summed E-state index contributed by atoms with van der Waals surface area (Å²) in [5, 5.41) is 0. The fraction of sp³-hybridized carbons (Fsp3) is 0.250. The first-order valence-electron chi connectivity index (χ1n) is 12.6. The monoisotopic (exact) mass is 442 g/mol. The first-order chi connectivity index (χ1) is 16.9. The molecular formula is C32H30N2. The van der Waals surface area contributed by atoms with Crippen molar-refractivity contribution < 1.29 is 0 Å². The van der Waals surface area contributed by atoms with E-state index in [1.807, 2.05) is 0 Å². The van der Waals surface area contributed by atoms with Gasteiger partial charge in [-0.25, -0.2) is 0 Å². The Morgan fingerprint density at radius 2 is 0.647 bits per heavy atom. The molecule has 0 radical (unpaired) electrons. The zero-order valence-corrected chi connectivity index (χ0v) is 19.3. The van der Waals surface area contributed by atoms with Gasteiger partial charge in [0, 0.05) is 24.2 Å². The van der Waals surface area contributed by atoms with Gasteiger partial charge in [-0.1, -0.05) is 121 Å². The summed E-state index contributed by atoms with van der Waals surface area (Å²) in [5.41, 5.74) is 5.85. The molecule has 0 spiro atoms. The third-order valence-corrected chi connectivity index (χ3v) is 8.49. The van der Waals surface area contributed by atoms with E-state index < -0.39 is 0 Å². The molecule has 4 aliphatic heterocycles. The SMILES string of the molecule is c1ccc(C2C3CC4C(c5ccccc5)N2CN(C3c2ccccc2)C4c2ccccc2)cc1. The van der Waals surface area contributed by atoms with Gasteiger partial charge in [0.25, 0.3) is 0 Å². The summed E-state index contributed by atoms with van der Waals surface area (Å²) in [6, 6.07) is 46.8. The minimum atomic E-state index is 0.431. The quantitative estimate of drug-likeness (QED) is 0.330. The lowest BCUT2D eigenvalue weighted by molar-refractivity contribution is -0.213. The maximum atomic E-state index is 2.82. The summed E-state index contributed by atoms with van der Waals surface area (Å²) in [7, 11) is 0. The Morgan fingerprint density at radius 1 is 0.382 bits per heavy atom. The summed E-state index contributed by atoms with van der Waals surface area (Å²) in [6.07, 6.45) is 1.24. The molecule has 4 heterocycles. The molecule has 168 valence electrons. The van der Waals surface area contributed by atoms with Gasteiger partial charge in [-0.05, 0) is 40.5 Å². The second-order valence-corrected chi connectivity index (χ2v) is 10.2. The topological polar surface area (TPSA) is 6.48 Å². The molecule has 4 aromatic carbocycles. The van der Waals surface area contributed by atoms with Crippen molar-refractivity contribution in [2.75, 3.05) is 6.67 Å². The third kappa shape index (κ3) is 3.10. The summed E-state index contributed by atoms with van der Waals surface area (Å²) in [4.78, 5) is 5.64. The summed E-state index contributed by atoms with van der Waals surface area (Å²) in [5.74, 6) is 1.15. The van der Waals surface area contributed by atoms with E-state index in [2.05, 4.69) is 131 Å². The van der Waals surface area contributed by atoms with Crippen LogP contribution in [0.25, 0.3) is 0 Å². The lowest BCUT2D eigenvalue weighted by Gasteiger charge is -2.68. The smallest absolute Gasteiger partial charge is 0.0530 e. The Balaban J connectivity index is 1.41. The van der Waals surface area contributed by atoms with Gasteiger partial charge >= 0.3 is 0 Å². The van der Waals surface area contributed by atoms with E-state index in [1.165, 1.54) is 28.7 Å². The lowest BCUT2D eigenvalue weighted by atomic mass is 9.61. The molecule has 2 heteroatoms. The van der Waals surface area contributed by atoms with E-state index in [0.29, 0.717) is 36.0 Å². The minimum Gasteiger partial charge on any atom is -0.276 e. The van der Waals surface area contributed by atoms with Crippen molar-refractivity contribution in [3.05, 3.63) is 144 Å². The maximum Gasteiger partial charge on any atom is 0.0530 e. The Morgan fingerprint density at radius 3 is 0.912 bits per heavy atom. The highest BCUT2D eigenvalue weighted by molar-refractivity contribution is 5.35. The Labute approximate surface area is 202 Å². The number of benzene rings is 4. The molecule has 8 rings (SSSR count). The van der Waals surface area contributed by atoms with E-state index in [1.54, 1.807) is 0 Å². The third-order valence-electron chi connectivity index (χ3n) is 8.49. The summed E-state index contributed by atoms with van der Waals surface area (Å²) >= 11 is 0. The molecule has 4 aromatic rings. The van der Waals surface area contributed by atoms with E-state index in [0.717, 1.165) is 6.67 Å². The molecule has 0 aliphatic carbocycles. The van der Waals surface area contributed by atoms with Gasteiger partial charge in [0.05, 0.1) is 6.67 Å². The molecule has 0 amide bonds. The highest BCUT2D eigenvalue weighted by Gasteiger charge is 2.60. The number of hydrogen-bond donors (Lipinski definition) is 0. The fourth-order valence-corrected chi connectivity index (χ4v) is 7.40. The van der Waals surface area contributed by atoms with Gasteiger partial charge in [-0.3, -0.25) is 9.80 Å². The van der Waals surface area contributed by atoms with Crippen LogP contribution in [0.5, 0.6) is 0 Å². The molecule has 4 saturated heterocycles. The number of piperidine rings is 2. The molecule has 4 fully saturated rings. The van der Waals surface area contributed by atoms with Crippen molar-refractivity contribution in [2.45, 2.75) is 30.6 Å². The molecule has 0 aromatic heterocycles. The standard InChI is InChI=1S/C32H30N2/c1-5-13-23(14-6-1)29-27-21-28-31(25-17-9-3-10-18-25)33(29)22-34(30(27)24-15-7-2-8-16-24)32(28)26-19-11-4-12-20-26/h1-20,27-32H,21-22H2. The second kappa shape index (κ2) is 8.23. The number of rotatable bonds is 4. The minimum absolute atomic E-state index is 0.431. The highest BCUT2D eigenvalue weighted by atomic mass is 15.4. The molecule has 4 bridgehead atoms. The van der Waals surface area contributed by atoms with Gasteiger partial charge in [-0.2, -0.15) is 0 Å². The van der Waals surface area contributed by atoms with Gasteiger partial charge in [0.2, 0.25) is 0 Å². The largest absolute Gasteiger partial charge is 0.276 e. The van der Waals surface area contributed by atoms with Gasteiger partial charge in [-0.15, -0.1) is 0 Å². The Hall–Kier alpha value is -3.20. The maximum absolute atomic E-state index is 2.82. The molecule has 0 saturated carbocycles. The van der Waals surface area contributed by atoms with Crippen LogP contribution in [0.2, 0.25) is 0 Å². The van der Waals surface area contributed by atoms with Crippen LogP contribution < -0.4 is 0 Å². The molecule has 2 nitrogen and oxygen atoms in total. The van der Waals surface area contributed by atoms with Crippen LogP contribution in [0.4, 0.5) is 0 Å². The van der Waals surface area contributed by atoms with Gasteiger partial charge in [0.1, 0.15) is 0 Å². The van der Waals surface area contributed by atoms with Crippen molar-refractivity contribution in [3.63, 3.8) is 0 Å². The van der Waals surface area contributed by atoms with Crippen molar-refractivity contribution in [3.8, 4) is 0 Å². The van der Waals surface area contributed by atoms with Crippen LogP contribution in [0.3, 0.4) is 0 Å². The van der Waals surface area contributed by atoms with Crippen LogP contribution in [0, 0.1) is 11.8 Å². The normalized spacial score (nSPS) is 33.6.